The SMILES string of the molecule is FC(F)Oc1ccc(-c2ncco2)cc1OCC1CC1. The van der Waals surface area contributed by atoms with Crippen LogP contribution in [0.25, 0.3) is 11.5 Å². The quantitative estimate of drug-likeness (QED) is 0.809. The number of halogens is 2. The minimum Gasteiger partial charge on any atom is -0.489 e. The van der Waals surface area contributed by atoms with Gasteiger partial charge in [-0.25, -0.2) is 4.98 Å². The number of nitrogens with zero attached hydrogens (tertiary/aromatic N) is 1. The lowest BCUT2D eigenvalue weighted by Gasteiger charge is -2.12. The molecule has 6 heteroatoms. The van der Waals surface area contributed by atoms with Crippen LogP contribution < -0.4 is 9.47 Å². The first-order chi connectivity index (χ1) is 9.72. The van der Waals surface area contributed by atoms with Gasteiger partial charge in [-0.05, 0) is 37.0 Å². The van der Waals surface area contributed by atoms with E-state index in [0.717, 1.165) is 12.8 Å². The number of aromatic nitrogens is 1. The predicted octanol–water partition coefficient (Wildman–Crippen LogP) is 3.73. The number of rotatable bonds is 6. The summed E-state index contributed by atoms with van der Waals surface area (Å²) in [5.74, 6) is 1.23. The standard InChI is InChI=1S/C14H13F2NO3/c15-14(16)20-11-4-3-10(13-17-5-6-18-13)7-12(11)19-8-9-1-2-9/h3-7,9,14H,1-2,8H2. The van der Waals surface area contributed by atoms with E-state index in [2.05, 4.69) is 9.72 Å². The molecule has 0 unspecified atom stereocenters. The Bertz CT molecular complexity index is 568. The Hall–Kier alpha value is -2.11. The van der Waals surface area contributed by atoms with Gasteiger partial charge in [0, 0.05) is 5.56 Å². The summed E-state index contributed by atoms with van der Waals surface area (Å²) in [4.78, 5) is 4.01. The molecular formula is C14H13F2NO3. The van der Waals surface area contributed by atoms with Crippen molar-refractivity contribution < 1.29 is 22.7 Å². The van der Waals surface area contributed by atoms with Gasteiger partial charge in [0.1, 0.15) is 6.26 Å². The molecule has 0 radical (unpaired) electrons. The summed E-state index contributed by atoms with van der Waals surface area (Å²) < 4.78 is 40.0. The fraction of sp³-hybridized carbons (Fsp3) is 0.357. The number of hydrogen-bond donors (Lipinski definition) is 0. The van der Waals surface area contributed by atoms with E-state index in [0.29, 0.717) is 24.0 Å². The van der Waals surface area contributed by atoms with E-state index in [1.54, 1.807) is 12.1 Å². The van der Waals surface area contributed by atoms with Gasteiger partial charge in [0.2, 0.25) is 5.89 Å². The summed E-state index contributed by atoms with van der Waals surface area (Å²) in [5, 5.41) is 0. The van der Waals surface area contributed by atoms with E-state index in [-0.39, 0.29) is 11.5 Å². The van der Waals surface area contributed by atoms with Crippen LogP contribution in [0.2, 0.25) is 0 Å². The zero-order chi connectivity index (χ0) is 13.9. The second-order valence-corrected chi connectivity index (χ2v) is 4.63. The van der Waals surface area contributed by atoms with Gasteiger partial charge < -0.3 is 13.9 Å². The molecular weight excluding hydrogens is 268 g/mol. The Labute approximate surface area is 114 Å². The smallest absolute Gasteiger partial charge is 0.387 e. The Morgan fingerprint density at radius 2 is 2.15 bits per heavy atom. The van der Waals surface area contributed by atoms with Crippen LogP contribution in [-0.4, -0.2) is 18.2 Å². The van der Waals surface area contributed by atoms with Crippen molar-refractivity contribution in [1.29, 1.82) is 0 Å². The zero-order valence-corrected chi connectivity index (χ0v) is 10.6. The van der Waals surface area contributed by atoms with E-state index < -0.39 is 6.61 Å². The maximum Gasteiger partial charge on any atom is 0.387 e. The van der Waals surface area contributed by atoms with E-state index >= 15 is 0 Å². The second-order valence-electron chi connectivity index (χ2n) is 4.63. The van der Waals surface area contributed by atoms with Crippen LogP contribution in [0, 0.1) is 5.92 Å². The lowest BCUT2D eigenvalue weighted by atomic mass is 10.2. The van der Waals surface area contributed by atoms with Crippen LogP contribution in [0.1, 0.15) is 12.8 Å². The summed E-state index contributed by atoms with van der Waals surface area (Å²) in [7, 11) is 0. The van der Waals surface area contributed by atoms with Crippen molar-refractivity contribution in [3.8, 4) is 23.0 Å². The molecule has 2 aromatic rings. The first kappa shape index (κ1) is 12.9. The third-order valence-electron chi connectivity index (χ3n) is 3.01. The van der Waals surface area contributed by atoms with Gasteiger partial charge in [-0.3, -0.25) is 0 Å². The number of ether oxygens (including phenoxy) is 2. The number of oxazole rings is 1. The monoisotopic (exact) mass is 281 g/mol. The molecule has 0 saturated heterocycles. The van der Waals surface area contributed by atoms with Crippen LogP contribution in [0.5, 0.6) is 11.5 Å². The van der Waals surface area contributed by atoms with Gasteiger partial charge in [-0.1, -0.05) is 0 Å². The van der Waals surface area contributed by atoms with Crippen molar-refractivity contribution in [3.05, 3.63) is 30.7 Å². The first-order valence-corrected chi connectivity index (χ1v) is 6.34. The summed E-state index contributed by atoms with van der Waals surface area (Å²) in [5.41, 5.74) is 0.655. The topological polar surface area (TPSA) is 44.5 Å². The van der Waals surface area contributed by atoms with Crippen molar-refractivity contribution in [1.82, 2.24) is 4.98 Å². The molecule has 106 valence electrons. The minimum atomic E-state index is -2.88. The highest BCUT2D eigenvalue weighted by atomic mass is 19.3. The molecule has 1 aromatic carbocycles. The molecule has 0 amide bonds. The molecule has 0 spiro atoms. The number of hydrogen-bond acceptors (Lipinski definition) is 4. The van der Waals surface area contributed by atoms with Crippen molar-refractivity contribution in [3.63, 3.8) is 0 Å². The van der Waals surface area contributed by atoms with Crippen molar-refractivity contribution in [2.75, 3.05) is 6.61 Å². The number of alkyl halides is 2. The highest BCUT2D eigenvalue weighted by Crippen LogP contribution is 2.36. The highest BCUT2D eigenvalue weighted by molar-refractivity contribution is 5.59. The molecule has 20 heavy (non-hydrogen) atoms. The summed E-state index contributed by atoms with van der Waals surface area (Å²) in [6.07, 6.45) is 5.20. The molecule has 1 fully saturated rings. The molecule has 0 bridgehead atoms. The zero-order valence-electron chi connectivity index (χ0n) is 10.6. The van der Waals surface area contributed by atoms with E-state index in [9.17, 15) is 8.78 Å². The van der Waals surface area contributed by atoms with Gasteiger partial charge >= 0.3 is 6.61 Å². The summed E-state index contributed by atoms with van der Waals surface area (Å²) in [6.45, 7) is -2.37. The highest BCUT2D eigenvalue weighted by Gasteiger charge is 2.23. The van der Waals surface area contributed by atoms with Crippen LogP contribution in [0.15, 0.2) is 35.1 Å². The van der Waals surface area contributed by atoms with Crippen molar-refractivity contribution in [2.45, 2.75) is 19.5 Å². The Morgan fingerprint density at radius 3 is 2.80 bits per heavy atom. The third kappa shape index (κ3) is 3.07. The van der Waals surface area contributed by atoms with Gasteiger partial charge in [0.15, 0.2) is 11.5 Å². The van der Waals surface area contributed by atoms with Crippen LogP contribution in [0.3, 0.4) is 0 Å². The van der Waals surface area contributed by atoms with E-state index in [1.165, 1.54) is 18.5 Å². The normalized spacial score (nSPS) is 14.6. The van der Waals surface area contributed by atoms with Crippen molar-refractivity contribution in [2.24, 2.45) is 5.92 Å². The van der Waals surface area contributed by atoms with E-state index in [4.69, 9.17) is 9.15 Å². The number of benzene rings is 1. The van der Waals surface area contributed by atoms with Crippen LogP contribution in [0.4, 0.5) is 8.78 Å². The fourth-order valence-corrected chi connectivity index (χ4v) is 1.81. The molecule has 1 aromatic heterocycles. The van der Waals surface area contributed by atoms with Crippen LogP contribution in [-0.2, 0) is 0 Å². The second kappa shape index (κ2) is 5.48. The lowest BCUT2D eigenvalue weighted by molar-refractivity contribution is -0.0515. The molecule has 1 saturated carbocycles. The van der Waals surface area contributed by atoms with Gasteiger partial charge in [-0.15, -0.1) is 0 Å². The molecule has 0 aliphatic heterocycles. The van der Waals surface area contributed by atoms with Gasteiger partial charge in [0.05, 0.1) is 12.8 Å². The first-order valence-electron chi connectivity index (χ1n) is 6.34. The maximum absolute atomic E-state index is 12.4. The summed E-state index contributed by atoms with van der Waals surface area (Å²) >= 11 is 0. The largest absolute Gasteiger partial charge is 0.489 e. The molecule has 1 aliphatic rings. The van der Waals surface area contributed by atoms with Crippen LogP contribution >= 0.6 is 0 Å². The fourth-order valence-electron chi connectivity index (χ4n) is 1.81. The van der Waals surface area contributed by atoms with E-state index in [1.807, 2.05) is 0 Å². The van der Waals surface area contributed by atoms with Gasteiger partial charge in [-0.2, -0.15) is 8.78 Å². The Kier molecular flexibility index (Phi) is 3.54. The lowest BCUT2D eigenvalue weighted by Crippen LogP contribution is -2.06. The Morgan fingerprint density at radius 1 is 1.30 bits per heavy atom. The average Bonchev–Trinajstić information content (AvgIpc) is 3.09. The maximum atomic E-state index is 12.4. The third-order valence-corrected chi connectivity index (χ3v) is 3.01. The predicted molar refractivity (Wildman–Crippen MR) is 66.8 cm³/mol. The van der Waals surface area contributed by atoms with Gasteiger partial charge in [0.25, 0.3) is 0 Å². The molecule has 0 N–H and O–H groups in total. The molecule has 1 heterocycles. The Balaban J connectivity index is 1.85. The molecule has 0 atom stereocenters. The molecule has 4 nitrogen and oxygen atoms in total. The summed E-state index contributed by atoms with van der Waals surface area (Å²) in [6, 6.07) is 4.65. The minimum absolute atomic E-state index is 0.0240. The molecule has 3 rings (SSSR count). The van der Waals surface area contributed by atoms with Crippen molar-refractivity contribution >= 4 is 0 Å². The average molecular weight is 281 g/mol. The molecule has 1 aliphatic carbocycles.